The zero-order chi connectivity index (χ0) is 21.3. The molecule has 0 aliphatic heterocycles. The van der Waals surface area contributed by atoms with Gasteiger partial charge in [0.15, 0.2) is 5.13 Å². The molecule has 3 rings (SSSR count). The summed E-state index contributed by atoms with van der Waals surface area (Å²) < 4.78 is 0.931. The summed E-state index contributed by atoms with van der Waals surface area (Å²) in [6.45, 7) is 4.51. The van der Waals surface area contributed by atoms with E-state index in [-0.39, 0.29) is 24.0 Å². The van der Waals surface area contributed by atoms with Crippen molar-refractivity contribution in [3.63, 3.8) is 0 Å². The normalized spacial score (nSPS) is 10.9. The van der Waals surface area contributed by atoms with Crippen LogP contribution in [0, 0.1) is 24.0 Å². The number of halogens is 2. The summed E-state index contributed by atoms with van der Waals surface area (Å²) in [6.07, 6.45) is 0. The molecule has 30 heavy (non-hydrogen) atoms. The van der Waals surface area contributed by atoms with Gasteiger partial charge in [-0.25, -0.2) is 4.98 Å². The number of anilines is 1. The van der Waals surface area contributed by atoms with E-state index in [0.29, 0.717) is 34.4 Å². The van der Waals surface area contributed by atoms with Crippen LogP contribution < -0.4 is 4.90 Å². The SMILES string of the molecule is Cc1c(C(=O)N(CCN(C)C)c2nc3c(C)c(Cl)ccc3s2)cccc1[N+](=O)[O-].Cl. The van der Waals surface area contributed by atoms with Crippen molar-refractivity contribution in [1.29, 1.82) is 0 Å². The fourth-order valence-electron chi connectivity index (χ4n) is 2.99. The molecular formula is C20H22Cl2N4O3S. The number of amides is 1. The van der Waals surface area contributed by atoms with Crippen molar-refractivity contribution < 1.29 is 9.72 Å². The highest BCUT2D eigenvalue weighted by molar-refractivity contribution is 7.22. The second kappa shape index (κ2) is 9.70. The van der Waals surface area contributed by atoms with Gasteiger partial charge in [-0.05, 0) is 51.7 Å². The van der Waals surface area contributed by atoms with Crippen LogP contribution in [0.4, 0.5) is 10.8 Å². The van der Waals surface area contributed by atoms with Crippen molar-refractivity contribution in [2.24, 2.45) is 0 Å². The van der Waals surface area contributed by atoms with Gasteiger partial charge in [-0.3, -0.25) is 19.8 Å². The van der Waals surface area contributed by atoms with Crippen LogP contribution in [0.3, 0.4) is 0 Å². The van der Waals surface area contributed by atoms with E-state index in [4.69, 9.17) is 11.6 Å². The minimum absolute atomic E-state index is 0. The number of nitro groups is 1. The van der Waals surface area contributed by atoms with E-state index in [9.17, 15) is 14.9 Å². The standard InChI is InChI=1S/C20H21ClN4O3S.ClH/c1-12-14(6-5-7-16(12)25(27)28)19(26)24(11-10-23(3)4)20-22-18-13(2)15(21)8-9-17(18)29-20;/h5-9H,10-11H2,1-4H3;1H. The molecule has 10 heteroatoms. The number of nitrogens with zero attached hydrogens (tertiary/aromatic N) is 4. The van der Waals surface area contributed by atoms with Crippen LogP contribution in [0.1, 0.15) is 21.5 Å². The molecule has 0 saturated heterocycles. The van der Waals surface area contributed by atoms with Crippen LogP contribution in [0.15, 0.2) is 30.3 Å². The van der Waals surface area contributed by atoms with Gasteiger partial charge in [0.2, 0.25) is 0 Å². The van der Waals surface area contributed by atoms with Crippen LogP contribution >= 0.6 is 35.3 Å². The van der Waals surface area contributed by atoms with Crippen molar-refractivity contribution in [3.8, 4) is 0 Å². The number of carbonyl (C=O) groups is 1. The van der Waals surface area contributed by atoms with Crippen LogP contribution in [0.25, 0.3) is 10.2 Å². The van der Waals surface area contributed by atoms with Crippen molar-refractivity contribution in [2.45, 2.75) is 13.8 Å². The molecule has 160 valence electrons. The molecule has 0 saturated carbocycles. The zero-order valence-electron chi connectivity index (χ0n) is 17.0. The first kappa shape index (κ1) is 24.0. The number of carbonyl (C=O) groups excluding carboxylic acids is 1. The Hall–Kier alpha value is -2.26. The van der Waals surface area contributed by atoms with Crippen LogP contribution in [-0.4, -0.2) is 47.9 Å². The Balaban J connectivity index is 0.00000320. The summed E-state index contributed by atoms with van der Waals surface area (Å²) in [4.78, 5) is 32.5. The smallest absolute Gasteiger partial charge is 0.273 e. The molecule has 3 aromatic rings. The molecule has 0 aliphatic rings. The van der Waals surface area contributed by atoms with Gasteiger partial charge in [0, 0.05) is 35.3 Å². The summed E-state index contributed by atoms with van der Waals surface area (Å²) >= 11 is 7.62. The molecule has 1 heterocycles. The first-order valence-electron chi connectivity index (χ1n) is 8.97. The second-order valence-corrected chi connectivity index (χ2v) is 8.40. The average Bonchev–Trinajstić information content (AvgIpc) is 3.09. The number of hydrogen-bond donors (Lipinski definition) is 0. The first-order chi connectivity index (χ1) is 13.7. The molecule has 7 nitrogen and oxygen atoms in total. The Morgan fingerprint density at radius 1 is 1.17 bits per heavy atom. The lowest BCUT2D eigenvalue weighted by molar-refractivity contribution is -0.385. The maximum Gasteiger partial charge on any atom is 0.273 e. The molecule has 0 N–H and O–H groups in total. The molecule has 0 atom stereocenters. The van der Waals surface area contributed by atoms with E-state index in [1.807, 2.05) is 38.1 Å². The minimum atomic E-state index is -0.473. The van der Waals surface area contributed by atoms with Gasteiger partial charge in [-0.1, -0.05) is 29.0 Å². The minimum Gasteiger partial charge on any atom is -0.308 e. The highest BCUT2D eigenvalue weighted by Crippen LogP contribution is 2.34. The molecule has 0 bridgehead atoms. The zero-order valence-corrected chi connectivity index (χ0v) is 19.4. The number of aromatic nitrogens is 1. The molecule has 0 radical (unpaired) electrons. The molecule has 0 aliphatic carbocycles. The topological polar surface area (TPSA) is 79.6 Å². The number of thiazole rings is 1. The van der Waals surface area contributed by atoms with Gasteiger partial charge < -0.3 is 4.90 Å². The van der Waals surface area contributed by atoms with Gasteiger partial charge in [0.25, 0.3) is 11.6 Å². The molecule has 2 aromatic carbocycles. The van der Waals surface area contributed by atoms with E-state index in [2.05, 4.69) is 4.98 Å². The molecule has 0 spiro atoms. The van der Waals surface area contributed by atoms with E-state index < -0.39 is 4.92 Å². The number of likely N-dealkylation sites (N-methyl/N-ethyl adjacent to an activating group) is 1. The largest absolute Gasteiger partial charge is 0.308 e. The summed E-state index contributed by atoms with van der Waals surface area (Å²) in [5.41, 5.74) is 2.19. The number of nitro benzene ring substituents is 1. The van der Waals surface area contributed by atoms with Crippen molar-refractivity contribution in [2.75, 3.05) is 32.1 Å². The summed E-state index contributed by atoms with van der Waals surface area (Å²) in [7, 11) is 3.84. The molecule has 0 fully saturated rings. The predicted octanol–water partition coefficient (Wildman–Crippen LogP) is 5.10. The third kappa shape index (κ3) is 4.73. The predicted molar refractivity (Wildman–Crippen MR) is 125 cm³/mol. The quantitative estimate of drug-likeness (QED) is 0.371. The van der Waals surface area contributed by atoms with E-state index in [1.54, 1.807) is 17.9 Å². The Bertz CT molecular complexity index is 1100. The number of fused-ring (bicyclic) bond motifs is 1. The van der Waals surface area contributed by atoms with Gasteiger partial charge in [-0.2, -0.15) is 0 Å². The monoisotopic (exact) mass is 468 g/mol. The van der Waals surface area contributed by atoms with Crippen molar-refractivity contribution in [1.82, 2.24) is 9.88 Å². The highest BCUT2D eigenvalue weighted by Gasteiger charge is 2.26. The Labute approximate surface area is 189 Å². The van der Waals surface area contributed by atoms with Crippen LogP contribution in [0.5, 0.6) is 0 Å². The molecule has 0 unspecified atom stereocenters. The summed E-state index contributed by atoms with van der Waals surface area (Å²) in [5.74, 6) is -0.309. The van der Waals surface area contributed by atoms with Crippen molar-refractivity contribution >= 4 is 62.3 Å². The summed E-state index contributed by atoms with van der Waals surface area (Å²) in [5, 5.41) is 12.5. The highest BCUT2D eigenvalue weighted by atomic mass is 35.5. The lowest BCUT2D eigenvalue weighted by Gasteiger charge is -2.22. The Morgan fingerprint density at radius 3 is 2.50 bits per heavy atom. The van der Waals surface area contributed by atoms with Gasteiger partial charge in [0.05, 0.1) is 15.1 Å². The summed E-state index contributed by atoms with van der Waals surface area (Å²) in [6, 6.07) is 8.25. The Morgan fingerprint density at radius 2 is 1.87 bits per heavy atom. The maximum absolute atomic E-state index is 13.4. The van der Waals surface area contributed by atoms with Gasteiger partial charge in [-0.15, -0.1) is 12.4 Å². The molecule has 1 amide bonds. The third-order valence-corrected chi connectivity index (χ3v) is 6.17. The van der Waals surface area contributed by atoms with Gasteiger partial charge >= 0.3 is 0 Å². The average molecular weight is 469 g/mol. The fraction of sp³-hybridized carbons (Fsp3) is 0.300. The van der Waals surface area contributed by atoms with E-state index in [0.717, 1.165) is 15.8 Å². The second-order valence-electron chi connectivity index (χ2n) is 6.98. The number of benzene rings is 2. The number of hydrogen-bond acceptors (Lipinski definition) is 6. The van der Waals surface area contributed by atoms with Crippen LogP contribution in [-0.2, 0) is 0 Å². The van der Waals surface area contributed by atoms with E-state index in [1.165, 1.54) is 23.5 Å². The van der Waals surface area contributed by atoms with Gasteiger partial charge in [0.1, 0.15) is 0 Å². The Kier molecular flexibility index (Phi) is 7.76. The number of rotatable bonds is 6. The number of aryl methyl sites for hydroxylation is 1. The lowest BCUT2D eigenvalue weighted by atomic mass is 10.1. The van der Waals surface area contributed by atoms with Crippen molar-refractivity contribution in [3.05, 3.63) is 62.2 Å². The maximum atomic E-state index is 13.4. The third-order valence-electron chi connectivity index (χ3n) is 4.72. The molecular weight excluding hydrogens is 447 g/mol. The molecule has 1 aromatic heterocycles. The fourth-order valence-corrected chi connectivity index (χ4v) is 4.19. The first-order valence-corrected chi connectivity index (χ1v) is 10.2. The van der Waals surface area contributed by atoms with E-state index >= 15 is 0 Å². The van der Waals surface area contributed by atoms with Crippen LogP contribution in [0.2, 0.25) is 5.02 Å². The lowest BCUT2D eigenvalue weighted by Crippen LogP contribution is -2.37.